The second-order valence-electron chi connectivity index (χ2n) is 4.42. The van der Waals surface area contributed by atoms with E-state index in [9.17, 15) is 4.79 Å². The summed E-state index contributed by atoms with van der Waals surface area (Å²) in [5.74, 6) is -0.406. The van der Waals surface area contributed by atoms with Crippen molar-refractivity contribution in [1.29, 1.82) is 0 Å². The van der Waals surface area contributed by atoms with Gasteiger partial charge in [0.25, 0.3) is 0 Å². The Hall–Kier alpha value is -2.26. The highest BCUT2D eigenvalue weighted by Gasteiger charge is 2.14. The summed E-state index contributed by atoms with van der Waals surface area (Å²) in [5, 5.41) is 1.42. The van der Waals surface area contributed by atoms with Gasteiger partial charge >= 0.3 is 5.97 Å². The number of hydrogen-bond acceptors (Lipinski definition) is 2. The van der Waals surface area contributed by atoms with Gasteiger partial charge in [0.2, 0.25) is 0 Å². The zero-order valence-corrected chi connectivity index (χ0v) is 11.6. The summed E-state index contributed by atoms with van der Waals surface area (Å²) in [6.45, 7) is 0. The number of nitrogens with one attached hydrogen (secondary N) is 1. The first kappa shape index (κ1) is 12.8. The molecule has 0 radical (unpaired) electrons. The lowest BCUT2D eigenvalue weighted by atomic mass is 10.0. The van der Waals surface area contributed by atoms with Crippen molar-refractivity contribution in [1.82, 2.24) is 4.98 Å². The van der Waals surface area contributed by atoms with Crippen molar-refractivity contribution in [2.45, 2.75) is 0 Å². The van der Waals surface area contributed by atoms with E-state index in [1.807, 2.05) is 42.5 Å². The summed E-state index contributed by atoms with van der Waals surface area (Å²) in [6, 6.07) is 15.4. The monoisotopic (exact) mass is 285 g/mol. The fourth-order valence-electron chi connectivity index (χ4n) is 2.26. The normalized spacial score (nSPS) is 10.7. The van der Waals surface area contributed by atoms with Crippen molar-refractivity contribution < 1.29 is 9.53 Å². The number of H-pyrrole nitrogens is 1. The molecule has 4 heteroatoms. The first-order valence-corrected chi connectivity index (χ1v) is 6.53. The van der Waals surface area contributed by atoms with Gasteiger partial charge in [0, 0.05) is 10.9 Å². The van der Waals surface area contributed by atoms with Crippen molar-refractivity contribution >= 4 is 28.5 Å². The molecule has 0 spiro atoms. The molecule has 100 valence electrons. The predicted octanol–water partition coefficient (Wildman–Crippen LogP) is 4.27. The molecule has 1 heterocycles. The topological polar surface area (TPSA) is 42.1 Å². The maximum absolute atomic E-state index is 11.6. The number of halogens is 1. The summed E-state index contributed by atoms with van der Waals surface area (Å²) in [6.07, 6.45) is 0. The zero-order valence-electron chi connectivity index (χ0n) is 10.8. The number of carbonyl (C=O) groups excluding carboxylic acids is 1. The highest BCUT2D eigenvalue weighted by Crippen LogP contribution is 2.33. The minimum Gasteiger partial charge on any atom is -0.464 e. The lowest BCUT2D eigenvalue weighted by Crippen LogP contribution is -2.00. The van der Waals surface area contributed by atoms with Gasteiger partial charge in [-0.15, -0.1) is 0 Å². The van der Waals surface area contributed by atoms with Crippen molar-refractivity contribution in [3.63, 3.8) is 0 Å². The molecule has 0 atom stereocenters. The Morgan fingerprint density at radius 3 is 2.60 bits per heavy atom. The smallest absolute Gasteiger partial charge is 0.354 e. The zero-order chi connectivity index (χ0) is 14.1. The summed E-state index contributed by atoms with van der Waals surface area (Å²) in [5.41, 5.74) is 3.30. The first-order valence-electron chi connectivity index (χ1n) is 6.15. The number of rotatable bonds is 2. The van der Waals surface area contributed by atoms with Gasteiger partial charge in [0.05, 0.1) is 17.6 Å². The Kier molecular flexibility index (Phi) is 3.20. The summed E-state index contributed by atoms with van der Waals surface area (Å²) < 4.78 is 4.74. The van der Waals surface area contributed by atoms with E-state index in [2.05, 4.69) is 4.98 Å². The highest BCUT2D eigenvalue weighted by atomic mass is 35.5. The Morgan fingerprint density at radius 1 is 1.15 bits per heavy atom. The molecule has 3 rings (SSSR count). The van der Waals surface area contributed by atoms with E-state index in [-0.39, 0.29) is 0 Å². The highest BCUT2D eigenvalue weighted by molar-refractivity contribution is 6.36. The number of esters is 1. The number of fused-ring (bicyclic) bond motifs is 1. The minimum absolute atomic E-state index is 0.396. The van der Waals surface area contributed by atoms with Gasteiger partial charge in [0.15, 0.2) is 0 Å². The predicted molar refractivity (Wildman–Crippen MR) is 80.1 cm³/mol. The molecule has 0 aliphatic carbocycles. The van der Waals surface area contributed by atoms with Crippen LogP contribution in [-0.2, 0) is 4.74 Å². The fourth-order valence-corrected chi connectivity index (χ4v) is 2.48. The van der Waals surface area contributed by atoms with Crippen LogP contribution in [-0.4, -0.2) is 18.1 Å². The molecule has 0 saturated heterocycles. The van der Waals surface area contributed by atoms with Gasteiger partial charge in [-0.3, -0.25) is 0 Å². The molecule has 0 unspecified atom stereocenters. The SMILES string of the molecule is COC(=O)c1cc2c(Cl)ccc(-c3ccccc3)c2[nH]1. The Balaban J connectivity index is 2.27. The maximum Gasteiger partial charge on any atom is 0.354 e. The van der Waals surface area contributed by atoms with Crippen LogP contribution in [0.25, 0.3) is 22.0 Å². The van der Waals surface area contributed by atoms with Crippen LogP contribution in [0.5, 0.6) is 0 Å². The van der Waals surface area contributed by atoms with Crippen molar-refractivity contribution in [2.24, 2.45) is 0 Å². The second kappa shape index (κ2) is 5.02. The molecule has 0 aliphatic rings. The molecule has 0 aliphatic heterocycles. The third-order valence-corrected chi connectivity index (χ3v) is 3.56. The van der Waals surface area contributed by atoms with Crippen LogP contribution in [0.1, 0.15) is 10.5 Å². The van der Waals surface area contributed by atoms with Gasteiger partial charge in [0.1, 0.15) is 5.69 Å². The van der Waals surface area contributed by atoms with Gasteiger partial charge in [-0.05, 0) is 17.7 Å². The number of carbonyl (C=O) groups is 1. The van der Waals surface area contributed by atoms with Crippen LogP contribution < -0.4 is 0 Å². The van der Waals surface area contributed by atoms with E-state index in [4.69, 9.17) is 16.3 Å². The molecule has 1 N–H and O–H groups in total. The molecule has 0 fully saturated rings. The number of benzene rings is 2. The standard InChI is InChI=1S/C16H12ClNO2/c1-20-16(19)14-9-12-13(17)8-7-11(15(12)18-14)10-5-3-2-4-6-10/h2-9,18H,1H3. The van der Waals surface area contributed by atoms with Crippen LogP contribution in [0.15, 0.2) is 48.5 Å². The van der Waals surface area contributed by atoms with Crippen molar-refractivity contribution in [3.05, 3.63) is 59.2 Å². The Labute approximate surface area is 121 Å². The Bertz CT molecular complexity index is 778. The molecule has 1 aromatic heterocycles. The average Bonchev–Trinajstić information content (AvgIpc) is 2.94. The van der Waals surface area contributed by atoms with Gasteiger partial charge in [-0.2, -0.15) is 0 Å². The lowest BCUT2D eigenvalue weighted by molar-refractivity contribution is 0.0595. The number of aromatic amines is 1. The maximum atomic E-state index is 11.6. The minimum atomic E-state index is -0.406. The fraction of sp³-hybridized carbons (Fsp3) is 0.0625. The van der Waals surface area contributed by atoms with Crippen LogP contribution in [0, 0.1) is 0 Å². The van der Waals surface area contributed by atoms with Crippen LogP contribution >= 0.6 is 11.6 Å². The van der Waals surface area contributed by atoms with E-state index < -0.39 is 5.97 Å². The summed E-state index contributed by atoms with van der Waals surface area (Å²) >= 11 is 6.21. The van der Waals surface area contributed by atoms with E-state index in [0.29, 0.717) is 10.7 Å². The summed E-state index contributed by atoms with van der Waals surface area (Å²) in [7, 11) is 1.35. The molecule has 0 bridgehead atoms. The average molecular weight is 286 g/mol. The number of aromatic nitrogens is 1. The van der Waals surface area contributed by atoms with Gasteiger partial charge in [-0.1, -0.05) is 48.0 Å². The van der Waals surface area contributed by atoms with Crippen LogP contribution in [0.3, 0.4) is 0 Å². The number of methoxy groups -OCH3 is 1. The molecule has 20 heavy (non-hydrogen) atoms. The van der Waals surface area contributed by atoms with E-state index in [0.717, 1.165) is 22.0 Å². The van der Waals surface area contributed by atoms with Crippen LogP contribution in [0.4, 0.5) is 0 Å². The van der Waals surface area contributed by atoms with Crippen molar-refractivity contribution in [2.75, 3.05) is 7.11 Å². The third-order valence-electron chi connectivity index (χ3n) is 3.23. The number of hydrogen-bond donors (Lipinski definition) is 1. The van der Waals surface area contributed by atoms with Gasteiger partial charge in [-0.25, -0.2) is 4.79 Å². The molecular formula is C16H12ClNO2. The third kappa shape index (κ3) is 2.06. The van der Waals surface area contributed by atoms with Crippen LogP contribution in [0.2, 0.25) is 5.02 Å². The lowest BCUT2D eigenvalue weighted by Gasteiger charge is -2.04. The second-order valence-corrected chi connectivity index (χ2v) is 4.83. The summed E-state index contributed by atoms with van der Waals surface area (Å²) in [4.78, 5) is 14.7. The molecule has 2 aromatic carbocycles. The first-order chi connectivity index (χ1) is 9.70. The quantitative estimate of drug-likeness (QED) is 0.714. The molecule has 0 saturated carbocycles. The molecule has 3 nitrogen and oxygen atoms in total. The Morgan fingerprint density at radius 2 is 1.90 bits per heavy atom. The molecule has 0 amide bonds. The van der Waals surface area contributed by atoms with Crippen molar-refractivity contribution in [3.8, 4) is 11.1 Å². The molecular weight excluding hydrogens is 274 g/mol. The molecule has 3 aromatic rings. The largest absolute Gasteiger partial charge is 0.464 e. The van der Waals surface area contributed by atoms with E-state index in [1.165, 1.54) is 7.11 Å². The number of ether oxygens (including phenoxy) is 1. The van der Waals surface area contributed by atoms with E-state index in [1.54, 1.807) is 6.07 Å². The van der Waals surface area contributed by atoms with E-state index >= 15 is 0 Å². The van der Waals surface area contributed by atoms with Gasteiger partial charge < -0.3 is 9.72 Å².